The van der Waals surface area contributed by atoms with E-state index in [0.717, 1.165) is 12.8 Å². The number of aromatic hydroxyl groups is 1. The molecule has 1 heterocycles. The van der Waals surface area contributed by atoms with Crippen LogP contribution in [0.1, 0.15) is 73.7 Å². The molecule has 0 spiro atoms. The van der Waals surface area contributed by atoms with Crippen LogP contribution >= 0.6 is 0 Å². The summed E-state index contributed by atoms with van der Waals surface area (Å²) in [5.74, 6) is -0.353. The molecule has 1 N–H and O–H groups in total. The smallest absolute Gasteiger partial charge is 0.228 e. The molecule has 2 atom stereocenters. The topological polar surface area (TPSA) is 72.8 Å². The van der Waals surface area contributed by atoms with E-state index in [-0.39, 0.29) is 40.1 Å². The van der Waals surface area contributed by atoms with Crippen LogP contribution in [0.5, 0.6) is 11.5 Å². The molecular weight excluding hydrogens is 344 g/mol. The van der Waals surface area contributed by atoms with Crippen molar-refractivity contribution in [2.45, 2.75) is 59.0 Å². The van der Waals surface area contributed by atoms with Gasteiger partial charge in [-0.15, -0.1) is 0 Å². The van der Waals surface area contributed by atoms with Crippen molar-refractivity contribution in [3.63, 3.8) is 0 Å². The van der Waals surface area contributed by atoms with E-state index in [4.69, 9.17) is 9.47 Å². The number of methoxy groups -OCH3 is 1. The molecule has 1 aromatic carbocycles. The van der Waals surface area contributed by atoms with Crippen molar-refractivity contribution in [2.24, 2.45) is 0 Å². The first kappa shape index (κ1) is 19.2. The first-order chi connectivity index (χ1) is 12.6. The Labute approximate surface area is 159 Å². The number of phenolic OH excluding ortho intramolecular Hbond substituents is 1. The summed E-state index contributed by atoms with van der Waals surface area (Å²) in [7, 11) is 1.36. The minimum absolute atomic E-state index is 0.0102. The van der Waals surface area contributed by atoms with Gasteiger partial charge in [-0.05, 0) is 46.6 Å². The summed E-state index contributed by atoms with van der Waals surface area (Å²) in [6.45, 7) is 9.64. The highest BCUT2D eigenvalue weighted by atomic mass is 16.5. The maximum absolute atomic E-state index is 13.0. The molecule has 0 radical (unpaired) electrons. The van der Waals surface area contributed by atoms with Crippen LogP contribution < -0.4 is 4.74 Å². The van der Waals surface area contributed by atoms with Crippen LogP contribution in [-0.2, 0) is 10.2 Å². The van der Waals surface area contributed by atoms with Gasteiger partial charge in [0.05, 0.1) is 12.7 Å². The van der Waals surface area contributed by atoms with E-state index in [9.17, 15) is 14.7 Å². The molecular formula is C22H26O5. The number of carbonyl (C=O) groups excluding carboxylic acids is 2. The van der Waals surface area contributed by atoms with E-state index in [0.29, 0.717) is 11.3 Å². The molecule has 0 saturated carbocycles. The summed E-state index contributed by atoms with van der Waals surface area (Å²) in [6.07, 6.45) is 3.52. The fraction of sp³-hybridized carbons (Fsp3) is 0.455. The van der Waals surface area contributed by atoms with Crippen molar-refractivity contribution in [1.82, 2.24) is 0 Å². The third kappa shape index (κ3) is 2.76. The van der Waals surface area contributed by atoms with Gasteiger partial charge in [-0.25, -0.2) is 0 Å². The van der Waals surface area contributed by atoms with Crippen LogP contribution in [-0.4, -0.2) is 29.9 Å². The van der Waals surface area contributed by atoms with Crippen LogP contribution in [0.25, 0.3) is 0 Å². The van der Waals surface area contributed by atoms with Crippen molar-refractivity contribution in [3.8, 4) is 11.5 Å². The van der Waals surface area contributed by atoms with Gasteiger partial charge in [-0.1, -0.05) is 18.6 Å². The van der Waals surface area contributed by atoms with Crippen LogP contribution in [0.3, 0.4) is 0 Å². The van der Waals surface area contributed by atoms with Gasteiger partial charge in [0, 0.05) is 22.1 Å². The maximum atomic E-state index is 13.0. The van der Waals surface area contributed by atoms with Gasteiger partial charge in [0.25, 0.3) is 0 Å². The first-order valence-electron chi connectivity index (χ1n) is 9.18. The number of ketones is 2. The van der Waals surface area contributed by atoms with E-state index in [1.54, 1.807) is 6.92 Å². The molecule has 1 aromatic rings. The lowest BCUT2D eigenvalue weighted by Crippen LogP contribution is -2.32. The molecule has 0 fully saturated rings. The summed E-state index contributed by atoms with van der Waals surface area (Å²) in [5, 5.41) is 10.8. The zero-order valence-corrected chi connectivity index (χ0v) is 16.7. The molecule has 1 aliphatic heterocycles. The second kappa shape index (κ2) is 6.55. The molecule has 5 nitrogen and oxygen atoms in total. The van der Waals surface area contributed by atoms with Crippen molar-refractivity contribution < 1.29 is 24.2 Å². The van der Waals surface area contributed by atoms with E-state index >= 15 is 0 Å². The number of rotatable bonds is 4. The third-order valence-electron chi connectivity index (χ3n) is 5.80. The Morgan fingerprint density at radius 1 is 1.33 bits per heavy atom. The van der Waals surface area contributed by atoms with E-state index in [1.807, 2.05) is 27.7 Å². The Morgan fingerprint density at radius 3 is 2.59 bits per heavy atom. The van der Waals surface area contributed by atoms with Gasteiger partial charge in [0.1, 0.15) is 17.6 Å². The SMILES string of the molecule is COC1=C(C)C(=O)c2c(cc(O)c3c2O[C@H](C)[C@]3(C)CCC=C(C)C)C1=O. The molecule has 144 valence electrons. The van der Waals surface area contributed by atoms with Crippen molar-refractivity contribution in [2.75, 3.05) is 7.11 Å². The van der Waals surface area contributed by atoms with Gasteiger partial charge < -0.3 is 14.6 Å². The molecule has 27 heavy (non-hydrogen) atoms. The lowest BCUT2D eigenvalue weighted by Gasteiger charge is -2.28. The lowest BCUT2D eigenvalue weighted by atomic mass is 9.73. The average Bonchev–Trinajstić information content (AvgIpc) is 2.85. The number of Topliss-reactive ketones (excluding diaryl/α,β-unsaturated/α-hetero) is 2. The largest absolute Gasteiger partial charge is 0.507 e. The molecule has 2 aliphatic rings. The highest BCUT2D eigenvalue weighted by Gasteiger charge is 2.48. The second-order valence-electron chi connectivity index (χ2n) is 7.84. The summed E-state index contributed by atoms with van der Waals surface area (Å²) in [5.41, 5.74) is 2.03. The minimum atomic E-state index is -0.455. The van der Waals surface area contributed by atoms with Crippen LogP contribution in [0.2, 0.25) is 0 Å². The van der Waals surface area contributed by atoms with Crippen LogP contribution in [0, 0.1) is 0 Å². The number of fused-ring (bicyclic) bond motifs is 3. The predicted octanol–water partition coefficient (Wildman–Crippen LogP) is 4.48. The Balaban J connectivity index is 2.18. The zero-order chi connectivity index (χ0) is 20.1. The Hall–Kier alpha value is -2.56. The number of carbonyl (C=O) groups is 2. The first-order valence-corrected chi connectivity index (χ1v) is 9.18. The standard InChI is InChI=1S/C22H26O5/c1-11(2)8-7-9-22(5)13(4)27-21-16-14(10-15(23)17(21)22)19(25)20(26-6)12(3)18(16)24/h8,10,13,23H,7,9H2,1-6H3/t13-,22+/m1/s1. The number of benzene rings is 1. The number of hydrogen-bond donors (Lipinski definition) is 1. The average molecular weight is 370 g/mol. The van der Waals surface area contributed by atoms with E-state index in [1.165, 1.54) is 18.7 Å². The van der Waals surface area contributed by atoms with Gasteiger partial charge in [0.15, 0.2) is 11.5 Å². The Bertz CT molecular complexity index is 902. The Morgan fingerprint density at radius 2 is 2.00 bits per heavy atom. The van der Waals surface area contributed by atoms with Gasteiger partial charge in [-0.3, -0.25) is 9.59 Å². The van der Waals surface area contributed by atoms with Crippen molar-refractivity contribution in [1.29, 1.82) is 0 Å². The molecule has 0 unspecified atom stereocenters. The molecule has 0 saturated heterocycles. The molecule has 3 rings (SSSR count). The number of allylic oxidation sites excluding steroid dienone is 4. The zero-order valence-electron chi connectivity index (χ0n) is 16.7. The van der Waals surface area contributed by atoms with Crippen LogP contribution in [0.15, 0.2) is 29.0 Å². The lowest BCUT2D eigenvalue weighted by molar-refractivity contribution is 0.0902. The highest BCUT2D eigenvalue weighted by Crippen LogP contribution is 2.53. The molecule has 1 aliphatic carbocycles. The number of hydrogen-bond acceptors (Lipinski definition) is 5. The minimum Gasteiger partial charge on any atom is -0.507 e. The number of phenols is 1. The fourth-order valence-corrected chi connectivity index (χ4v) is 4.05. The molecule has 5 heteroatoms. The fourth-order valence-electron chi connectivity index (χ4n) is 4.05. The highest BCUT2D eigenvalue weighted by molar-refractivity contribution is 6.27. The van der Waals surface area contributed by atoms with Crippen molar-refractivity contribution in [3.05, 3.63) is 45.7 Å². The van der Waals surface area contributed by atoms with Crippen molar-refractivity contribution >= 4 is 11.6 Å². The second-order valence-corrected chi connectivity index (χ2v) is 7.84. The maximum Gasteiger partial charge on any atom is 0.228 e. The molecule has 0 aromatic heterocycles. The summed E-state index contributed by atoms with van der Waals surface area (Å²) in [6, 6.07) is 1.39. The van der Waals surface area contributed by atoms with Gasteiger partial charge in [-0.2, -0.15) is 0 Å². The predicted molar refractivity (Wildman–Crippen MR) is 103 cm³/mol. The molecule has 0 amide bonds. The van der Waals surface area contributed by atoms with Gasteiger partial charge >= 0.3 is 0 Å². The summed E-state index contributed by atoms with van der Waals surface area (Å²) in [4.78, 5) is 25.7. The normalized spacial score (nSPS) is 23.7. The van der Waals surface area contributed by atoms with E-state index < -0.39 is 11.2 Å². The molecule has 0 bridgehead atoms. The van der Waals surface area contributed by atoms with Gasteiger partial charge in [0.2, 0.25) is 5.78 Å². The summed E-state index contributed by atoms with van der Waals surface area (Å²) < 4.78 is 11.2. The Kier molecular flexibility index (Phi) is 4.66. The van der Waals surface area contributed by atoms with E-state index in [2.05, 4.69) is 6.08 Å². The number of ether oxygens (including phenoxy) is 2. The van der Waals surface area contributed by atoms with Crippen LogP contribution in [0.4, 0.5) is 0 Å². The monoisotopic (exact) mass is 370 g/mol. The quantitative estimate of drug-likeness (QED) is 0.791. The summed E-state index contributed by atoms with van der Waals surface area (Å²) >= 11 is 0. The third-order valence-corrected chi connectivity index (χ3v) is 5.80.